The molecule has 356 valence electrons. The topological polar surface area (TPSA) is 310 Å². The highest BCUT2D eigenvalue weighted by molar-refractivity contribution is 6.13. The summed E-state index contributed by atoms with van der Waals surface area (Å²) in [4.78, 5) is 128. The number of hydrogen-bond donors (Lipinski definition) is 8. The van der Waals surface area contributed by atoms with Crippen LogP contribution in [-0.4, -0.2) is 93.9 Å². The van der Waals surface area contributed by atoms with Crippen LogP contribution in [0.1, 0.15) is 85.5 Å². The average molecular weight is 920 g/mol. The Morgan fingerprint density at radius 3 is 1.18 bits per heavy atom. The van der Waals surface area contributed by atoms with Gasteiger partial charge >= 0.3 is 0 Å². The summed E-state index contributed by atoms with van der Waals surface area (Å²) in [5.74, 6) is -5.73. The SMILES string of the molecule is Cc1cc(=O)c(O)c(CNC(=O)CCC(CCC(=O)NCc2c(O)c(=O)cc(C)n2C)(CCC(=O)NCc2c(O)c(=O)cc(C)n2C)NC(=O)CCNC(=O)CCN2C(=O)C=CC2=O)n1C. The lowest BCUT2D eigenvalue weighted by Crippen LogP contribution is -2.51. The number of aromatic hydroxyl groups is 3. The third kappa shape index (κ3) is 13.3. The predicted octanol–water partition coefficient (Wildman–Crippen LogP) is -0.909. The van der Waals surface area contributed by atoms with Gasteiger partial charge in [-0.2, -0.15) is 0 Å². The number of amides is 7. The molecule has 0 radical (unpaired) electrons. The summed E-state index contributed by atoms with van der Waals surface area (Å²) in [6.45, 7) is 3.81. The summed E-state index contributed by atoms with van der Waals surface area (Å²) in [7, 11) is 4.80. The number of carbonyl (C=O) groups excluding carboxylic acids is 7. The van der Waals surface area contributed by atoms with Crippen LogP contribution in [0.2, 0.25) is 0 Å². The molecule has 0 saturated heterocycles. The van der Waals surface area contributed by atoms with Crippen molar-refractivity contribution in [2.24, 2.45) is 21.1 Å². The third-order valence-electron chi connectivity index (χ3n) is 11.7. The number of nitrogens with zero attached hydrogens (tertiary/aromatic N) is 4. The van der Waals surface area contributed by atoms with E-state index >= 15 is 0 Å². The molecule has 22 heteroatoms. The third-order valence-corrected chi connectivity index (χ3v) is 11.7. The van der Waals surface area contributed by atoms with E-state index in [0.29, 0.717) is 17.1 Å². The first-order valence-corrected chi connectivity index (χ1v) is 21.1. The van der Waals surface area contributed by atoms with Gasteiger partial charge in [0.05, 0.1) is 36.7 Å². The highest BCUT2D eigenvalue weighted by Gasteiger charge is 2.34. The Balaban J connectivity index is 1.57. The van der Waals surface area contributed by atoms with Gasteiger partial charge in [-0.1, -0.05) is 0 Å². The van der Waals surface area contributed by atoms with E-state index in [1.807, 2.05) is 0 Å². The van der Waals surface area contributed by atoms with Crippen molar-refractivity contribution in [2.45, 2.75) is 97.3 Å². The molecule has 1 aliphatic rings. The summed E-state index contributed by atoms with van der Waals surface area (Å²) in [5, 5.41) is 44.8. The second kappa shape index (κ2) is 22.4. The van der Waals surface area contributed by atoms with Crippen molar-refractivity contribution in [3.63, 3.8) is 0 Å². The van der Waals surface area contributed by atoms with E-state index in [1.165, 1.54) is 31.9 Å². The van der Waals surface area contributed by atoms with Crippen molar-refractivity contribution in [1.29, 1.82) is 0 Å². The number of pyridine rings is 3. The van der Waals surface area contributed by atoms with Gasteiger partial charge in [0.15, 0.2) is 17.2 Å². The Morgan fingerprint density at radius 1 is 0.500 bits per heavy atom. The lowest BCUT2D eigenvalue weighted by Gasteiger charge is -2.35. The molecule has 3 aromatic rings. The van der Waals surface area contributed by atoms with E-state index in [-0.39, 0.29) is 101 Å². The first kappa shape index (κ1) is 51.1. The Bertz CT molecular complexity index is 2390. The van der Waals surface area contributed by atoms with E-state index in [1.54, 1.807) is 41.9 Å². The van der Waals surface area contributed by atoms with Gasteiger partial charge in [-0.25, -0.2) is 0 Å². The first-order chi connectivity index (χ1) is 31.0. The fraction of sp³-hybridized carbons (Fsp3) is 0.455. The molecule has 7 amide bonds. The molecule has 0 unspecified atom stereocenters. The number of nitrogens with one attached hydrogen (secondary N) is 5. The van der Waals surface area contributed by atoms with Crippen LogP contribution >= 0.6 is 0 Å². The van der Waals surface area contributed by atoms with Crippen LogP contribution in [0.5, 0.6) is 17.2 Å². The normalized spacial score (nSPS) is 12.3. The van der Waals surface area contributed by atoms with Crippen molar-refractivity contribution in [3.05, 3.63) is 95.2 Å². The summed E-state index contributed by atoms with van der Waals surface area (Å²) in [6, 6.07) is 3.71. The zero-order valence-electron chi connectivity index (χ0n) is 37.8. The van der Waals surface area contributed by atoms with Crippen LogP contribution in [0, 0.1) is 20.8 Å². The summed E-state index contributed by atoms with van der Waals surface area (Å²) < 4.78 is 4.59. The summed E-state index contributed by atoms with van der Waals surface area (Å²) in [5.41, 5.74) is -1.45. The van der Waals surface area contributed by atoms with Crippen LogP contribution in [0.15, 0.2) is 44.7 Å². The fourth-order valence-corrected chi connectivity index (χ4v) is 7.27. The van der Waals surface area contributed by atoms with Crippen LogP contribution in [0.4, 0.5) is 0 Å². The Labute approximate surface area is 378 Å². The molecule has 1 aliphatic heterocycles. The Kier molecular flexibility index (Phi) is 17.3. The van der Waals surface area contributed by atoms with Gasteiger partial charge in [0.1, 0.15) is 0 Å². The van der Waals surface area contributed by atoms with E-state index in [9.17, 15) is 63.3 Å². The largest absolute Gasteiger partial charge is 0.503 e. The molecule has 0 aliphatic carbocycles. The molecule has 3 aromatic heterocycles. The van der Waals surface area contributed by atoms with Crippen molar-refractivity contribution < 1.29 is 48.9 Å². The van der Waals surface area contributed by atoms with Crippen LogP contribution in [-0.2, 0) is 74.3 Å². The molecule has 0 aromatic carbocycles. The zero-order valence-corrected chi connectivity index (χ0v) is 37.8. The minimum atomic E-state index is -1.48. The molecular formula is C44H57N9O13. The monoisotopic (exact) mass is 919 g/mol. The minimum absolute atomic E-state index is 0.132. The number of aryl methyl sites for hydroxylation is 3. The van der Waals surface area contributed by atoms with Gasteiger partial charge < -0.3 is 55.6 Å². The maximum absolute atomic E-state index is 13.7. The van der Waals surface area contributed by atoms with Gasteiger partial charge in [-0.3, -0.25) is 52.8 Å². The smallest absolute Gasteiger partial charge is 0.253 e. The molecule has 0 fully saturated rings. The maximum Gasteiger partial charge on any atom is 0.253 e. The van der Waals surface area contributed by atoms with Crippen molar-refractivity contribution in [3.8, 4) is 17.2 Å². The van der Waals surface area contributed by atoms with Crippen LogP contribution in [0.25, 0.3) is 0 Å². The van der Waals surface area contributed by atoms with Gasteiger partial charge in [0.2, 0.25) is 45.8 Å². The van der Waals surface area contributed by atoms with Gasteiger partial charge in [0.25, 0.3) is 11.8 Å². The maximum atomic E-state index is 13.7. The zero-order chi connectivity index (χ0) is 49.0. The molecule has 8 N–H and O–H groups in total. The van der Waals surface area contributed by atoms with E-state index in [4.69, 9.17) is 0 Å². The second-order valence-electron chi connectivity index (χ2n) is 16.2. The first-order valence-electron chi connectivity index (χ1n) is 21.1. The minimum Gasteiger partial charge on any atom is -0.503 e. The molecule has 0 spiro atoms. The van der Waals surface area contributed by atoms with Gasteiger partial charge in [-0.05, 0) is 40.0 Å². The molecule has 0 atom stereocenters. The Hall–Kier alpha value is -7.52. The Morgan fingerprint density at radius 2 is 0.833 bits per heavy atom. The number of imide groups is 1. The molecule has 0 bridgehead atoms. The average Bonchev–Trinajstić information content (AvgIpc) is 3.59. The quantitative estimate of drug-likeness (QED) is 0.0567. The van der Waals surface area contributed by atoms with Crippen LogP contribution in [0.3, 0.4) is 0 Å². The number of carbonyl (C=O) groups is 7. The molecule has 4 rings (SSSR count). The van der Waals surface area contributed by atoms with Crippen molar-refractivity contribution in [2.75, 3.05) is 13.1 Å². The molecule has 66 heavy (non-hydrogen) atoms. The summed E-state index contributed by atoms with van der Waals surface area (Å²) >= 11 is 0. The highest BCUT2D eigenvalue weighted by Crippen LogP contribution is 2.27. The molecular weight excluding hydrogens is 863 g/mol. The van der Waals surface area contributed by atoms with Crippen molar-refractivity contribution >= 4 is 41.4 Å². The molecule has 0 saturated carbocycles. The molecule has 4 heterocycles. The van der Waals surface area contributed by atoms with Gasteiger partial charge in [0, 0.05) is 119 Å². The highest BCUT2D eigenvalue weighted by atomic mass is 16.3. The fourth-order valence-electron chi connectivity index (χ4n) is 7.27. The summed E-state index contributed by atoms with van der Waals surface area (Å²) in [6.07, 6.45) is 0.219. The van der Waals surface area contributed by atoms with E-state index < -0.39 is 80.4 Å². The van der Waals surface area contributed by atoms with E-state index in [0.717, 1.165) is 17.1 Å². The van der Waals surface area contributed by atoms with Gasteiger partial charge in [-0.15, -0.1) is 0 Å². The number of hydrogen-bond acceptors (Lipinski definition) is 13. The standard InChI is InChI=1S/C44H57N9O13/c1-25-19-31(54)41(64)28(50(25)4)22-46-34(57)9-14-44(15-10-35(58)47-23-29-42(65)32(55)20-26(2)51(29)5,16-11-36(59)48-24-30-43(66)33(56)21-27(3)52(30)6)49-38(61)12-17-45-37(60)13-18-53-39(62)7-8-40(53)63/h7-8,19-21,64-66H,9-18,22-24H2,1-6H3,(H,45,60)(H,46,57)(H,47,58)(H,48,59)(H,49,61). The molecule has 22 nitrogen and oxygen atoms in total. The second-order valence-corrected chi connectivity index (χ2v) is 16.2. The lowest BCUT2D eigenvalue weighted by atomic mass is 9.83. The predicted molar refractivity (Wildman–Crippen MR) is 236 cm³/mol. The number of aromatic nitrogens is 3. The lowest BCUT2D eigenvalue weighted by molar-refractivity contribution is -0.137. The van der Waals surface area contributed by atoms with Crippen molar-refractivity contribution in [1.82, 2.24) is 45.2 Å². The van der Waals surface area contributed by atoms with E-state index in [2.05, 4.69) is 26.6 Å². The van der Waals surface area contributed by atoms with Crippen LogP contribution < -0.4 is 42.9 Å². The number of rotatable bonds is 22.